The van der Waals surface area contributed by atoms with Gasteiger partial charge in [0, 0.05) is 39.9 Å². The van der Waals surface area contributed by atoms with Crippen LogP contribution in [0.15, 0.2) is 212 Å². The van der Waals surface area contributed by atoms with Crippen molar-refractivity contribution >= 4 is 56.9 Å². The fourth-order valence-corrected chi connectivity index (χ4v) is 7.25. The fraction of sp³-hybridized carbons (Fsp3) is 0.0545. The minimum atomic E-state index is 0.822. The van der Waals surface area contributed by atoms with Gasteiger partial charge in [-0.15, -0.1) is 0 Å². The lowest BCUT2D eigenvalue weighted by Crippen LogP contribution is -2.10. The molecule has 3 heteroatoms. The zero-order chi connectivity index (χ0) is 39.7. The normalized spacial score (nSPS) is 11.2. The van der Waals surface area contributed by atoms with Gasteiger partial charge in [0.05, 0.1) is 12.8 Å². The molecule has 0 saturated carbocycles. The third-order valence-electron chi connectivity index (χ3n) is 10.4. The van der Waals surface area contributed by atoms with Crippen LogP contribution in [0.3, 0.4) is 0 Å². The van der Waals surface area contributed by atoms with Gasteiger partial charge in [-0.25, -0.2) is 0 Å². The summed E-state index contributed by atoms with van der Waals surface area (Å²) in [6.45, 7) is 4.26. The maximum atomic E-state index is 5.49. The molecule has 282 valence electrons. The van der Waals surface area contributed by atoms with E-state index in [1.165, 1.54) is 27.5 Å². The van der Waals surface area contributed by atoms with Crippen molar-refractivity contribution in [2.75, 3.05) is 16.9 Å². The predicted molar refractivity (Wildman–Crippen MR) is 248 cm³/mol. The van der Waals surface area contributed by atoms with Crippen LogP contribution < -0.4 is 14.5 Å². The molecule has 8 aromatic rings. The molecule has 0 aromatic heterocycles. The van der Waals surface area contributed by atoms with Crippen LogP contribution in [0.1, 0.15) is 33.4 Å². The van der Waals surface area contributed by atoms with E-state index in [1.807, 2.05) is 12.1 Å². The van der Waals surface area contributed by atoms with Gasteiger partial charge < -0.3 is 14.5 Å². The van der Waals surface area contributed by atoms with E-state index in [9.17, 15) is 0 Å². The number of allylic oxidation sites excluding steroid dienone is 2. The smallest absolute Gasteiger partial charge is 0.119 e. The maximum absolute atomic E-state index is 5.49. The second kappa shape index (κ2) is 17.6. The summed E-state index contributed by atoms with van der Waals surface area (Å²) in [6, 6.07) is 68.7. The molecule has 58 heavy (non-hydrogen) atoms. The van der Waals surface area contributed by atoms with Crippen LogP contribution in [0.2, 0.25) is 0 Å². The number of nitrogens with zero attached hydrogens (tertiary/aromatic N) is 2. The molecule has 0 unspecified atom stereocenters. The van der Waals surface area contributed by atoms with Gasteiger partial charge >= 0.3 is 0 Å². The highest BCUT2D eigenvalue weighted by molar-refractivity contribution is 6.03. The summed E-state index contributed by atoms with van der Waals surface area (Å²) in [5.74, 6) is 0.822. The zero-order valence-electron chi connectivity index (χ0n) is 33.2. The molecule has 0 radical (unpaired) electrons. The highest BCUT2D eigenvalue weighted by Gasteiger charge is 2.17. The number of aryl methyl sites for hydroxylation is 2. The van der Waals surface area contributed by atoms with Gasteiger partial charge in [-0.2, -0.15) is 0 Å². The van der Waals surface area contributed by atoms with Crippen molar-refractivity contribution in [2.24, 2.45) is 0 Å². The van der Waals surface area contributed by atoms with Crippen LogP contribution in [0, 0.1) is 13.8 Å². The standard InChI is InChI=1S/C55H46N2O/c1-41-22-29-49(30-23-41)57(50-31-24-42(2)25-32-50)55-39-28-46(52-20-12-13-21-53(52)55)19-11-10-14-43-26-33-47(34-27-43)56(48-35-37-51(58-3)38-36-48)40-54(44-15-6-4-7-16-44)45-17-8-5-9-18-45/h4-40H,1-3H3/b14-10+,19-11+. The van der Waals surface area contributed by atoms with Crippen LogP contribution >= 0.6 is 0 Å². The molecule has 0 aliphatic carbocycles. The number of hydrogen-bond acceptors (Lipinski definition) is 3. The Morgan fingerprint density at radius 3 is 1.48 bits per heavy atom. The molecule has 0 heterocycles. The summed E-state index contributed by atoms with van der Waals surface area (Å²) < 4.78 is 5.49. The number of benzene rings is 8. The Kier molecular flexibility index (Phi) is 11.4. The van der Waals surface area contributed by atoms with Gasteiger partial charge in [-0.1, -0.05) is 163 Å². The number of anilines is 5. The number of ether oxygens (including phenoxy) is 1. The SMILES string of the molecule is COc1ccc(N(C=C(c2ccccc2)c2ccccc2)c2ccc(/C=C/C=C/c3ccc(N(c4ccc(C)cc4)c4ccc(C)cc4)c4ccccc34)cc2)cc1. The van der Waals surface area contributed by atoms with Crippen LogP contribution in [0.25, 0.3) is 28.5 Å². The first-order chi connectivity index (χ1) is 28.5. The molecular weight excluding hydrogens is 705 g/mol. The van der Waals surface area contributed by atoms with Gasteiger partial charge in [0.25, 0.3) is 0 Å². The molecule has 0 bridgehead atoms. The Morgan fingerprint density at radius 2 is 0.931 bits per heavy atom. The molecule has 0 aliphatic rings. The Bertz CT molecular complexity index is 2590. The minimum Gasteiger partial charge on any atom is -0.497 e. The second-order valence-electron chi connectivity index (χ2n) is 14.4. The molecular formula is C55H46N2O. The summed E-state index contributed by atoms with van der Waals surface area (Å²) in [7, 11) is 1.70. The maximum Gasteiger partial charge on any atom is 0.119 e. The Balaban J connectivity index is 1.08. The lowest BCUT2D eigenvalue weighted by molar-refractivity contribution is 0.415. The van der Waals surface area contributed by atoms with Gasteiger partial charge in [-0.3, -0.25) is 0 Å². The topological polar surface area (TPSA) is 15.7 Å². The Morgan fingerprint density at radius 1 is 0.448 bits per heavy atom. The lowest BCUT2D eigenvalue weighted by atomic mass is 9.98. The van der Waals surface area contributed by atoms with E-state index >= 15 is 0 Å². The molecule has 0 fully saturated rings. The van der Waals surface area contributed by atoms with Crippen molar-refractivity contribution in [3.8, 4) is 5.75 Å². The summed E-state index contributed by atoms with van der Waals surface area (Å²) in [5, 5.41) is 2.40. The fourth-order valence-electron chi connectivity index (χ4n) is 7.25. The third kappa shape index (κ3) is 8.55. The zero-order valence-corrected chi connectivity index (χ0v) is 33.2. The van der Waals surface area contributed by atoms with Crippen LogP contribution in [0.4, 0.5) is 28.4 Å². The minimum absolute atomic E-state index is 0.822. The van der Waals surface area contributed by atoms with Gasteiger partial charge in [0.1, 0.15) is 5.75 Å². The van der Waals surface area contributed by atoms with Crippen LogP contribution in [-0.4, -0.2) is 7.11 Å². The Labute approximate surface area is 342 Å². The molecule has 0 saturated heterocycles. The van der Waals surface area contributed by atoms with Crippen molar-refractivity contribution in [1.82, 2.24) is 0 Å². The molecule has 8 aromatic carbocycles. The monoisotopic (exact) mass is 750 g/mol. The van der Waals surface area contributed by atoms with E-state index in [0.29, 0.717) is 0 Å². The number of rotatable bonds is 12. The largest absolute Gasteiger partial charge is 0.497 e. The summed E-state index contributed by atoms with van der Waals surface area (Å²) >= 11 is 0. The summed E-state index contributed by atoms with van der Waals surface area (Å²) in [6.07, 6.45) is 10.8. The van der Waals surface area contributed by atoms with Crippen molar-refractivity contribution in [3.05, 3.63) is 246 Å². The highest BCUT2D eigenvalue weighted by atomic mass is 16.5. The third-order valence-corrected chi connectivity index (χ3v) is 10.4. The average Bonchev–Trinajstić information content (AvgIpc) is 3.28. The van der Waals surface area contributed by atoms with Crippen molar-refractivity contribution in [3.63, 3.8) is 0 Å². The quantitative estimate of drug-likeness (QED) is 0.116. The number of hydrogen-bond donors (Lipinski definition) is 0. The summed E-state index contributed by atoms with van der Waals surface area (Å²) in [5.41, 5.74) is 13.7. The predicted octanol–water partition coefficient (Wildman–Crippen LogP) is 14.9. The molecule has 0 amide bonds. The van der Waals surface area contributed by atoms with Crippen LogP contribution in [0.5, 0.6) is 5.75 Å². The first-order valence-corrected chi connectivity index (χ1v) is 19.7. The van der Waals surface area contributed by atoms with Gasteiger partial charge in [-0.05, 0) is 108 Å². The van der Waals surface area contributed by atoms with E-state index in [4.69, 9.17) is 4.74 Å². The summed E-state index contributed by atoms with van der Waals surface area (Å²) in [4.78, 5) is 4.60. The highest BCUT2D eigenvalue weighted by Crippen LogP contribution is 2.40. The van der Waals surface area contributed by atoms with E-state index in [1.54, 1.807) is 7.11 Å². The molecule has 0 atom stereocenters. The molecule has 8 rings (SSSR count). The first-order valence-electron chi connectivity index (χ1n) is 19.7. The van der Waals surface area contributed by atoms with Crippen molar-refractivity contribution in [1.29, 1.82) is 0 Å². The lowest BCUT2D eigenvalue weighted by Gasteiger charge is -2.27. The van der Waals surface area contributed by atoms with E-state index in [0.717, 1.165) is 56.4 Å². The molecule has 3 nitrogen and oxygen atoms in total. The van der Waals surface area contributed by atoms with Gasteiger partial charge in [0.2, 0.25) is 0 Å². The average molecular weight is 751 g/mol. The second-order valence-corrected chi connectivity index (χ2v) is 14.4. The number of methoxy groups -OCH3 is 1. The number of fused-ring (bicyclic) bond motifs is 1. The molecule has 0 spiro atoms. The van der Waals surface area contributed by atoms with E-state index < -0.39 is 0 Å². The molecule has 0 N–H and O–H groups in total. The van der Waals surface area contributed by atoms with Crippen molar-refractivity contribution < 1.29 is 4.74 Å². The van der Waals surface area contributed by atoms with Crippen LogP contribution in [-0.2, 0) is 0 Å². The van der Waals surface area contributed by atoms with Crippen molar-refractivity contribution in [2.45, 2.75) is 13.8 Å². The van der Waals surface area contributed by atoms with Gasteiger partial charge in [0.15, 0.2) is 0 Å². The first kappa shape index (κ1) is 37.6. The molecule has 0 aliphatic heterocycles. The van der Waals surface area contributed by atoms with E-state index in [2.05, 4.69) is 236 Å². The van der Waals surface area contributed by atoms with E-state index in [-0.39, 0.29) is 0 Å². The Hall–Kier alpha value is -7.36.